The molecule has 3 rings (SSSR count). The maximum Gasteiger partial charge on any atom is 0.321 e. The van der Waals surface area contributed by atoms with Crippen LogP contribution in [0, 0.1) is 5.41 Å². The third-order valence-corrected chi connectivity index (χ3v) is 5.25. The topological polar surface area (TPSA) is 47.6 Å². The second kappa shape index (κ2) is 9.08. The highest BCUT2D eigenvalue weighted by Crippen LogP contribution is 2.26. The van der Waals surface area contributed by atoms with Gasteiger partial charge in [-0.15, -0.1) is 12.4 Å². The number of urea groups is 1. The molecule has 2 aliphatic rings. The van der Waals surface area contributed by atoms with Crippen molar-refractivity contribution in [3.05, 3.63) is 29.3 Å². The monoisotopic (exact) mass is 386 g/mol. The number of rotatable bonds is 3. The Hall–Kier alpha value is -1.01. The molecular formula is C18H28Cl2N4O. The first kappa shape index (κ1) is 20.3. The van der Waals surface area contributed by atoms with Crippen molar-refractivity contribution in [3.63, 3.8) is 0 Å². The Kier molecular flexibility index (Phi) is 7.37. The van der Waals surface area contributed by atoms with Gasteiger partial charge in [0.05, 0.1) is 0 Å². The predicted molar refractivity (Wildman–Crippen MR) is 106 cm³/mol. The number of hydrogen-bond acceptors (Lipinski definition) is 3. The molecule has 0 radical (unpaired) electrons. The van der Waals surface area contributed by atoms with Crippen LogP contribution >= 0.6 is 24.0 Å². The van der Waals surface area contributed by atoms with Crippen LogP contribution in [-0.4, -0.2) is 61.6 Å². The molecule has 2 amide bonds. The summed E-state index contributed by atoms with van der Waals surface area (Å²) in [5.74, 6) is 0. The van der Waals surface area contributed by atoms with Gasteiger partial charge in [-0.2, -0.15) is 0 Å². The third kappa shape index (κ3) is 5.74. The van der Waals surface area contributed by atoms with Gasteiger partial charge in [0.2, 0.25) is 0 Å². The van der Waals surface area contributed by atoms with Crippen LogP contribution in [0.15, 0.2) is 24.3 Å². The largest absolute Gasteiger partial charge is 0.323 e. The normalized spacial score (nSPS) is 24.5. The number of anilines is 1. The van der Waals surface area contributed by atoms with Crippen molar-refractivity contribution in [2.75, 3.05) is 51.1 Å². The first-order chi connectivity index (χ1) is 11.5. The molecule has 2 saturated heterocycles. The molecule has 1 aromatic rings. The van der Waals surface area contributed by atoms with E-state index in [2.05, 4.69) is 22.5 Å². The molecule has 0 spiro atoms. The summed E-state index contributed by atoms with van der Waals surface area (Å²) in [5, 5.41) is 7.05. The fourth-order valence-corrected chi connectivity index (χ4v) is 3.83. The van der Waals surface area contributed by atoms with E-state index in [1.165, 1.54) is 6.42 Å². The standard InChI is InChI=1S/C18H27ClN4O.ClH/c1-18(6-7-20-13-18)14-22-8-3-9-23(11-10-22)17(24)21-16-5-2-4-15(19)12-16;/h2,4-5,12,20H,3,6-11,13-14H2,1H3,(H,21,24);1H. The lowest BCUT2D eigenvalue weighted by atomic mass is 9.89. The zero-order valence-corrected chi connectivity index (χ0v) is 16.3. The number of nitrogens with zero attached hydrogens (tertiary/aromatic N) is 2. The first-order valence-electron chi connectivity index (χ1n) is 8.79. The maximum atomic E-state index is 12.5. The lowest BCUT2D eigenvalue weighted by molar-refractivity contribution is 0.180. The second-order valence-corrected chi connectivity index (χ2v) is 7.73. The van der Waals surface area contributed by atoms with E-state index in [-0.39, 0.29) is 18.4 Å². The lowest BCUT2D eigenvalue weighted by Crippen LogP contribution is -2.41. The van der Waals surface area contributed by atoms with Gasteiger partial charge in [-0.25, -0.2) is 4.79 Å². The molecule has 1 unspecified atom stereocenters. The molecule has 0 bridgehead atoms. The Morgan fingerprint density at radius 3 is 2.88 bits per heavy atom. The lowest BCUT2D eigenvalue weighted by Gasteiger charge is -2.31. The van der Waals surface area contributed by atoms with Crippen LogP contribution in [0.4, 0.5) is 10.5 Å². The summed E-state index contributed by atoms with van der Waals surface area (Å²) >= 11 is 5.98. The zero-order valence-electron chi connectivity index (χ0n) is 14.8. The summed E-state index contributed by atoms with van der Waals surface area (Å²) in [6.07, 6.45) is 2.26. The highest BCUT2D eigenvalue weighted by molar-refractivity contribution is 6.30. The minimum Gasteiger partial charge on any atom is -0.323 e. The van der Waals surface area contributed by atoms with Crippen molar-refractivity contribution in [2.45, 2.75) is 19.8 Å². The number of amides is 2. The van der Waals surface area contributed by atoms with Gasteiger partial charge in [0.15, 0.2) is 0 Å². The molecule has 2 fully saturated rings. The Morgan fingerprint density at radius 1 is 1.32 bits per heavy atom. The summed E-state index contributed by atoms with van der Waals surface area (Å²) in [5.41, 5.74) is 1.12. The number of nitrogens with one attached hydrogen (secondary N) is 2. The van der Waals surface area contributed by atoms with Crippen LogP contribution < -0.4 is 10.6 Å². The molecule has 0 saturated carbocycles. The summed E-state index contributed by atoms with van der Waals surface area (Å²) in [6, 6.07) is 7.25. The number of halogens is 2. The molecule has 5 nitrogen and oxygen atoms in total. The van der Waals surface area contributed by atoms with Crippen LogP contribution in [0.2, 0.25) is 5.02 Å². The Morgan fingerprint density at radius 2 is 2.16 bits per heavy atom. The van der Waals surface area contributed by atoms with Crippen molar-refractivity contribution in [2.24, 2.45) is 5.41 Å². The predicted octanol–water partition coefficient (Wildman–Crippen LogP) is 3.30. The molecule has 1 aromatic carbocycles. The van der Waals surface area contributed by atoms with Gasteiger partial charge in [0.25, 0.3) is 0 Å². The fourth-order valence-electron chi connectivity index (χ4n) is 3.64. The summed E-state index contributed by atoms with van der Waals surface area (Å²) < 4.78 is 0. The Labute approximate surface area is 161 Å². The zero-order chi connectivity index (χ0) is 17.0. The van der Waals surface area contributed by atoms with Gasteiger partial charge < -0.3 is 20.4 Å². The van der Waals surface area contributed by atoms with Gasteiger partial charge in [-0.1, -0.05) is 24.6 Å². The minimum absolute atomic E-state index is 0. The fraction of sp³-hybridized carbons (Fsp3) is 0.611. The van der Waals surface area contributed by atoms with Gasteiger partial charge in [0.1, 0.15) is 0 Å². The van der Waals surface area contributed by atoms with Crippen LogP contribution in [0.1, 0.15) is 19.8 Å². The minimum atomic E-state index is -0.0344. The third-order valence-electron chi connectivity index (χ3n) is 5.01. The maximum absolute atomic E-state index is 12.5. The Balaban J connectivity index is 0.00000225. The van der Waals surface area contributed by atoms with Crippen LogP contribution in [0.5, 0.6) is 0 Å². The van der Waals surface area contributed by atoms with Crippen LogP contribution in [0.25, 0.3) is 0 Å². The van der Waals surface area contributed by atoms with Crippen molar-refractivity contribution in [3.8, 4) is 0 Å². The van der Waals surface area contributed by atoms with E-state index in [0.717, 1.165) is 57.9 Å². The molecule has 2 aliphatic heterocycles. The van der Waals surface area contributed by atoms with E-state index in [4.69, 9.17) is 11.6 Å². The number of hydrogen-bond donors (Lipinski definition) is 2. The number of benzene rings is 1. The first-order valence-corrected chi connectivity index (χ1v) is 9.16. The molecule has 1 atom stereocenters. The van der Waals surface area contributed by atoms with E-state index < -0.39 is 0 Å². The quantitative estimate of drug-likeness (QED) is 0.837. The summed E-state index contributed by atoms with van der Waals surface area (Å²) in [7, 11) is 0. The van der Waals surface area contributed by atoms with E-state index >= 15 is 0 Å². The summed E-state index contributed by atoms with van der Waals surface area (Å²) in [6.45, 7) is 9.29. The highest BCUT2D eigenvalue weighted by Gasteiger charge is 2.31. The van der Waals surface area contributed by atoms with Gasteiger partial charge in [0, 0.05) is 43.4 Å². The van der Waals surface area contributed by atoms with Crippen LogP contribution in [0.3, 0.4) is 0 Å². The SMILES string of the molecule is CC1(CN2CCCN(C(=O)Nc3cccc(Cl)c3)CC2)CCNC1.Cl. The van der Waals surface area contributed by atoms with Gasteiger partial charge >= 0.3 is 6.03 Å². The van der Waals surface area contributed by atoms with Gasteiger partial charge in [-0.05, 0) is 49.5 Å². The molecule has 0 aromatic heterocycles. The molecule has 25 heavy (non-hydrogen) atoms. The average Bonchev–Trinajstić information content (AvgIpc) is 2.82. The summed E-state index contributed by atoms with van der Waals surface area (Å²) in [4.78, 5) is 16.9. The van der Waals surface area contributed by atoms with Crippen molar-refractivity contribution < 1.29 is 4.79 Å². The van der Waals surface area contributed by atoms with E-state index in [1.54, 1.807) is 12.1 Å². The number of carbonyl (C=O) groups excluding carboxylic acids is 1. The smallest absolute Gasteiger partial charge is 0.321 e. The van der Waals surface area contributed by atoms with Crippen molar-refractivity contribution in [1.29, 1.82) is 0 Å². The van der Waals surface area contributed by atoms with E-state index in [0.29, 0.717) is 10.4 Å². The van der Waals surface area contributed by atoms with Crippen LogP contribution in [-0.2, 0) is 0 Å². The number of carbonyl (C=O) groups is 1. The molecule has 0 aliphatic carbocycles. The molecular weight excluding hydrogens is 359 g/mol. The van der Waals surface area contributed by atoms with E-state index in [9.17, 15) is 4.79 Å². The average molecular weight is 387 g/mol. The van der Waals surface area contributed by atoms with Crippen molar-refractivity contribution in [1.82, 2.24) is 15.1 Å². The second-order valence-electron chi connectivity index (χ2n) is 7.29. The van der Waals surface area contributed by atoms with E-state index in [1.807, 2.05) is 17.0 Å². The molecule has 7 heteroatoms. The molecule has 2 heterocycles. The molecule has 2 N–H and O–H groups in total. The highest BCUT2D eigenvalue weighted by atomic mass is 35.5. The Bertz CT molecular complexity index is 578. The molecule has 140 valence electrons. The van der Waals surface area contributed by atoms with Crippen molar-refractivity contribution >= 4 is 35.7 Å². The van der Waals surface area contributed by atoms with Gasteiger partial charge in [-0.3, -0.25) is 0 Å².